The van der Waals surface area contributed by atoms with Crippen LogP contribution in [0.2, 0.25) is 0 Å². The molecule has 2 aliphatic heterocycles. The van der Waals surface area contributed by atoms with E-state index < -0.39 is 5.56 Å². The summed E-state index contributed by atoms with van der Waals surface area (Å²) in [5, 5.41) is 0. The summed E-state index contributed by atoms with van der Waals surface area (Å²) in [5.74, 6) is 0.279. The van der Waals surface area contributed by atoms with Gasteiger partial charge in [0.05, 0.1) is 0 Å². The molecule has 0 spiro atoms. The van der Waals surface area contributed by atoms with Crippen molar-refractivity contribution < 1.29 is 0 Å². The smallest absolute Gasteiger partial charge is 0.330 e. The van der Waals surface area contributed by atoms with Crippen LogP contribution in [0, 0.1) is 0 Å². The Bertz CT molecular complexity index is 577. The normalized spacial score (nSPS) is 31.3. The highest BCUT2D eigenvalue weighted by Gasteiger charge is 2.37. The Labute approximate surface area is 111 Å². The zero-order chi connectivity index (χ0) is 13.6. The Morgan fingerprint density at radius 2 is 1.84 bits per heavy atom. The van der Waals surface area contributed by atoms with Gasteiger partial charge in [0, 0.05) is 24.2 Å². The summed E-state index contributed by atoms with van der Waals surface area (Å²) in [6.45, 7) is 0. The van der Waals surface area contributed by atoms with Gasteiger partial charge < -0.3 is 10.6 Å². The largest absolute Gasteiger partial charge is 0.385 e. The molecule has 3 N–H and O–H groups in total. The first-order valence-corrected chi connectivity index (χ1v) is 6.89. The Hall–Kier alpha value is -1.56. The van der Waals surface area contributed by atoms with Crippen LogP contribution in [0.25, 0.3) is 0 Å². The van der Waals surface area contributed by atoms with Crippen LogP contribution >= 0.6 is 0 Å². The fourth-order valence-corrected chi connectivity index (χ4v) is 3.70. The zero-order valence-corrected chi connectivity index (χ0v) is 11.1. The van der Waals surface area contributed by atoms with Gasteiger partial charge in [-0.3, -0.25) is 14.3 Å². The number of hydrogen-bond acceptors (Lipinski definition) is 4. The van der Waals surface area contributed by atoms with Crippen molar-refractivity contribution in [1.82, 2.24) is 14.5 Å². The molecule has 2 unspecified atom stereocenters. The molecular weight excluding hydrogens is 244 g/mol. The molecule has 0 amide bonds. The summed E-state index contributed by atoms with van der Waals surface area (Å²) in [4.78, 5) is 28.0. The molecule has 0 saturated carbocycles. The van der Waals surface area contributed by atoms with E-state index in [1.165, 1.54) is 25.3 Å². The van der Waals surface area contributed by atoms with Crippen molar-refractivity contribution in [3.63, 3.8) is 0 Å². The van der Waals surface area contributed by atoms with Crippen LogP contribution in [0.3, 0.4) is 0 Å². The number of nitrogen functional groups attached to an aromatic ring is 1. The Kier molecular flexibility index (Phi) is 2.97. The Morgan fingerprint density at radius 1 is 1.21 bits per heavy atom. The lowest BCUT2D eigenvalue weighted by Crippen LogP contribution is -2.51. The van der Waals surface area contributed by atoms with Gasteiger partial charge in [0.2, 0.25) is 0 Å². The van der Waals surface area contributed by atoms with Crippen molar-refractivity contribution in [3.8, 4) is 0 Å². The maximum Gasteiger partial charge on any atom is 0.330 e. The van der Waals surface area contributed by atoms with E-state index in [0.717, 1.165) is 12.8 Å². The first-order valence-electron chi connectivity index (χ1n) is 6.89. The molecule has 2 atom stereocenters. The number of aromatic nitrogens is 2. The van der Waals surface area contributed by atoms with Gasteiger partial charge in [-0.05, 0) is 32.7 Å². The summed E-state index contributed by atoms with van der Waals surface area (Å²) >= 11 is 0. The lowest BCUT2D eigenvalue weighted by Gasteiger charge is -2.47. The number of H-pyrrole nitrogens is 1. The maximum absolute atomic E-state index is 12.0. The van der Waals surface area contributed by atoms with Gasteiger partial charge in [0.1, 0.15) is 5.82 Å². The molecule has 2 saturated heterocycles. The summed E-state index contributed by atoms with van der Waals surface area (Å²) < 4.78 is 1.57. The molecule has 3 rings (SSSR count). The second kappa shape index (κ2) is 4.52. The quantitative estimate of drug-likeness (QED) is 0.764. The Morgan fingerprint density at radius 3 is 2.42 bits per heavy atom. The van der Waals surface area contributed by atoms with Crippen LogP contribution in [-0.4, -0.2) is 33.6 Å². The van der Waals surface area contributed by atoms with E-state index >= 15 is 0 Å². The van der Waals surface area contributed by atoms with E-state index in [-0.39, 0.29) is 17.5 Å². The summed E-state index contributed by atoms with van der Waals surface area (Å²) in [5.41, 5.74) is 5.07. The average Bonchev–Trinajstić information content (AvgIpc) is 2.28. The van der Waals surface area contributed by atoms with E-state index in [1.54, 1.807) is 4.57 Å². The second-order valence-corrected chi connectivity index (χ2v) is 5.76. The molecule has 0 radical (unpaired) electrons. The van der Waals surface area contributed by atoms with Gasteiger partial charge in [-0.25, -0.2) is 4.79 Å². The highest BCUT2D eigenvalue weighted by molar-refractivity contribution is 5.27. The topological polar surface area (TPSA) is 84.1 Å². The van der Waals surface area contributed by atoms with E-state index in [9.17, 15) is 9.59 Å². The van der Waals surface area contributed by atoms with Crippen molar-refractivity contribution in [3.05, 3.63) is 26.9 Å². The van der Waals surface area contributed by atoms with E-state index in [2.05, 4.69) is 16.9 Å². The number of piperidine rings is 2. The average molecular weight is 264 g/mol. The molecule has 0 aromatic carbocycles. The molecule has 0 aliphatic carbocycles. The number of aromatic amines is 1. The van der Waals surface area contributed by atoms with Crippen LogP contribution in [0.15, 0.2) is 15.7 Å². The molecule has 1 aromatic rings. The predicted octanol–water partition coefficient (Wildman–Crippen LogP) is 0.307. The van der Waals surface area contributed by atoms with E-state index in [1.807, 2.05) is 0 Å². The molecule has 19 heavy (non-hydrogen) atoms. The third-order valence-corrected chi connectivity index (χ3v) is 4.69. The standard InChI is InChI=1S/C13H20N4O2/c1-16-8-3-2-4-9(16)6-10(5-8)17-11(14)7-12(18)15-13(17)19/h7-10H,2-6,14H2,1H3,(H,15,18,19). The van der Waals surface area contributed by atoms with Crippen molar-refractivity contribution in [2.45, 2.75) is 50.2 Å². The van der Waals surface area contributed by atoms with Crippen LogP contribution in [0.4, 0.5) is 5.82 Å². The molecule has 2 fully saturated rings. The fraction of sp³-hybridized carbons (Fsp3) is 0.692. The van der Waals surface area contributed by atoms with Gasteiger partial charge in [-0.1, -0.05) is 6.42 Å². The van der Waals surface area contributed by atoms with Crippen LogP contribution in [-0.2, 0) is 0 Å². The minimum Gasteiger partial charge on any atom is -0.385 e. The third kappa shape index (κ3) is 2.10. The van der Waals surface area contributed by atoms with Crippen molar-refractivity contribution in [1.29, 1.82) is 0 Å². The highest BCUT2D eigenvalue weighted by atomic mass is 16.2. The van der Waals surface area contributed by atoms with Crippen molar-refractivity contribution in [2.24, 2.45) is 0 Å². The zero-order valence-electron chi connectivity index (χ0n) is 11.1. The van der Waals surface area contributed by atoms with Crippen LogP contribution in [0.5, 0.6) is 0 Å². The van der Waals surface area contributed by atoms with Gasteiger partial charge >= 0.3 is 5.69 Å². The van der Waals surface area contributed by atoms with Gasteiger partial charge in [-0.15, -0.1) is 0 Å². The minimum absolute atomic E-state index is 0.107. The Balaban J connectivity index is 1.96. The van der Waals surface area contributed by atoms with Crippen molar-refractivity contribution >= 4 is 5.82 Å². The number of anilines is 1. The molecule has 6 nitrogen and oxygen atoms in total. The lowest BCUT2D eigenvalue weighted by atomic mass is 9.82. The summed E-state index contributed by atoms with van der Waals surface area (Å²) in [7, 11) is 2.17. The first kappa shape index (κ1) is 12.5. The number of nitrogens with one attached hydrogen (secondary N) is 1. The predicted molar refractivity (Wildman–Crippen MR) is 73.2 cm³/mol. The molecule has 1 aromatic heterocycles. The minimum atomic E-state index is -0.424. The van der Waals surface area contributed by atoms with E-state index in [4.69, 9.17) is 5.73 Å². The van der Waals surface area contributed by atoms with E-state index in [0.29, 0.717) is 12.1 Å². The number of nitrogens with two attached hydrogens (primary N) is 1. The summed E-state index contributed by atoms with van der Waals surface area (Å²) in [6, 6.07) is 2.46. The highest BCUT2D eigenvalue weighted by Crippen LogP contribution is 2.38. The molecular formula is C13H20N4O2. The number of rotatable bonds is 1. The number of hydrogen-bond donors (Lipinski definition) is 2. The first-order chi connectivity index (χ1) is 9.06. The molecule has 2 bridgehead atoms. The molecule has 2 aliphatic rings. The molecule has 6 heteroatoms. The van der Waals surface area contributed by atoms with Crippen LogP contribution < -0.4 is 17.0 Å². The fourth-order valence-electron chi connectivity index (χ4n) is 3.70. The monoisotopic (exact) mass is 264 g/mol. The van der Waals surface area contributed by atoms with Gasteiger partial charge in [0.25, 0.3) is 5.56 Å². The molecule has 104 valence electrons. The third-order valence-electron chi connectivity index (χ3n) is 4.69. The van der Waals surface area contributed by atoms with Gasteiger partial charge in [0.15, 0.2) is 0 Å². The molecule has 3 heterocycles. The SMILES string of the molecule is CN1C2CCCC1CC(n1c(N)cc(=O)[nH]c1=O)C2. The number of fused-ring (bicyclic) bond motifs is 2. The van der Waals surface area contributed by atoms with Gasteiger partial charge in [-0.2, -0.15) is 0 Å². The maximum atomic E-state index is 12.0. The summed E-state index contributed by atoms with van der Waals surface area (Å²) in [6.07, 6.45) is 5.50. The second-order valence-electron chi connectivity index (χ2n) is 5.76. The lowest BCUT2D eigenvalue weighted by molar-refractivity contribution is 0.0394. The number of nitrogens with zero attached hydrogens (tertiary/aromatic N) is 2. The van der Waals surface area contributed by atoms with Crippen molar-refractivity contribution in [2.75, 3.05) is 12.8 Å². The van der Waals surface area contributed by atoms with Crippen LogP contribution in [0.1, 0.15) is 38.1 Å².